The zero-order valence-corrected chi connectivity index (χ0v) is 11.3. The number of carboxylic acid groups (broad SMARTS) is 1. The lowest BCUT2D eigenvalue weighted by atomic mass is 9.83. The van der Waals surface area contributed by atoms with Gasteiger partial charge in [-0.1, -0.05) is 37.5 Å². The number of imidazole rings is 1. The highest BCUT2D eigenvalue weighted by atomic mass is 16.4. The Kier molecular flexibility index (Phi) is 3.54. The first-order chi connectivity index (χ1) is 9.74. The average molecular weight is 270 g/mol. The summed E-state index contributed by atoms with van der Waals surface area (Å²) in [5, 5.41) is 8.93. The van der Waals surface area contributed by atoms with E-state index in [0.29, 0.717) is 11.7 Å². The molecular weight excluding hydrogens is 252 g/mol. The Bertz CT molecular complexity index is 612. The molecule has 0 spiro atoms. The fourth-order valence-electron chi connectivity index (χ4n) is 2.95. The van der Waals surface area contributed by atoms with Gasteiger partial charge in [-0.2, -0.15) is 0 Å². The second kappa shape index (κ2) is 5.49. The summed E-state index contributed by atoms with van der Waals surface area (Å²) in [6, 6.07) is 8.31. The van der Waals surface area contributed by atoms with Crippen LogP contribution >= 0.6 is 0 Å². The molecule has 104 valence electrons. The van der Waals surface area contributed by atoms with Crippen LogP contribution in [0.25, 0.3) is 11.4 Å². The van der Waals surface area contributed by atoms with Gasteiger partial charge in [0.1, 0.15) is 11.5 Å². The molecule has 1 aliphatic rings. The predicted octanol–water partition coefficient (Wildman–Crippen LogP) is 3.82. The maximum atomic E-state index is 10.9. The highest BCUT2D eigenvalue weighted by molar-refractivity contribution is 5.85. The summed E-state index contributed by atoms with van der Waals surface area (Å²) >= 11 is 0. The molecular formula is C16H18N2O2. The van der Waals surface area contributed by atoms with Crippen LogP contribution in [-0.4, -0.2) is 21.0 Å². The van der Waals surface area contributed by atoms with E-state index in [2.05, 4.69) is 22.1 Å². The van der Waals surface area contributed by atoms with E-state index in [1.807, 2.05) is 12.1 Å². The number of aromatic nitrogens is 2. The topological polar surface area (TPSA) is 66.0 Å². The fraction of sp³-hybridized carbons (Fsp3) is 0.375. The van der Waals surface area contributed by atoms with E-state index >= 15 is 0 Å². The Morgan fingerprint density at radius 2 is 2.05 bits per heavy atom. The van der Waals surface area contributed by atoms with Crippen molar-refractivity contribution in [2.45, 2.75) is 38.0 Å². The Morgan fingerprint density at radius 3 is 2.75 bits per heavy atom. The Morgan fingerprint density at radius 1 is 1.25 bits per heavy atom. The SMILES string of the molecule is O=C(O)c1cnc(-c2cccc(C3CCCCC3)c2)[nH]1. The van der Waals surface area contributed by atoms with Crippen LogP contribution < -0.4 is 0 Å². The first-order valence-electron chi connectivity index (χ1n) is 7.12. The van der Waals surface area contributed by atoms with Crippen molar-refractivity contribution >= 4 is 5.97 Å². The molecule has 20 heavy (non-hydrogen) atoms. The smallest absolute Gasteiger partial charge is 0.353 e. The van der Waals surface area contributed by atoms with Gasteiger partial charge in [-0.25, -0.2) is 9.78 Å². The molecule has 1 aromatic carbocycles. The molecule has 0 unspecified atom stereocenters. The van der Waals surface area contributed by atoms with Crippen LogP contribution in [0.4, 0.5) is 0 Å². The number of carboxylic acids is 1. The van der Waals surface area contributed by atoms with Crippen molar-refractivity contribution in [2.75, 3.05) is 0 Å². The van der Waals surface area contributed by atoms with E-state index in [1.165, 1.54) is 43.9 Å². The second-order valence-electron chi connectivity index (χ2n) is 5.41. The minimum atomic E-state index is -0.979. The molecule has 0 aliphatic heterocycles. The molecule has 3 rings (SSSR count). The normalized spacial score (nSPS) is 16.2. The monoisotopic (exact) mass is 270 g/mol. The van der Waals surface area contributed by atoms with Crippen molar-refractivity contribution in [1.82, 2.24) is 9.97 Å². The molecule has 1 fully saturated rings. The minimum Gasteiger partial charge on any atom is -0.477 e. The van der Waals surface area contributed by atoms with Crippen molar-refractivity contribution < 1.29 is 9.90 Å². The number of nitrogens with one attached hydrogen (secondary N) is 1. The lowest BCUT2D eigenvalue weighted by Gasteiger charge is -2.22. The molecule has 4 heteroatoms. The van der Waals surface area contributed by atoms with E-state index in [-0.39, 0.29) is 5.69 Å². The molecule has 4 nitrogen and oxygen atoms in total. The summed E-state index contributed by atoms with van der Waals surface area (Å²) in [6.07, 6.45) is 7.82. The van der Waals surface area contributed by atoms with Crippen LogP contribution in [0.3, 0.4) is 0 Å². The second-order valence-corrected chi connectivity index (χ2v) is 5.41. The zero-order valence-electron chi connectivity index (χ0n) is 11.3. The van der Waals surface area contributed by atoms with Gasteiger partial charge in [0.15, 0.2) is 0 Å². The van der Waals surface area contributed by atoms with E-state index in [9.17, 15) is 4.79 Å². The maximum Gasteiger partial charge on any atom is 0.353 e. The molecule has 0 amide bonds. The summed E-state index contributed by atoms with van der Waals surface area (Å²) in [4.78, 5) is 17.9. The average Bonchev–Trinajstić information content (AvgIpc) is 2.98. The van der Waals surface area contributed by atoms with Gasteiger partial charge in [0.25, 0.3) is 0 Å². The summed E-state index contributed by atoms with van der Waals surface area (Å²) in [5.41, 5.74) is 2.43. The summed E-state index contributed by atoms with van der Waals surface area (Å²) < 4.78 is 0. The molecule has 2 N–H and O–H groups in total. The first kappa shape index (κ1) is 12.9. The van der Waals surface area contributed by atoms with Crippen molar-refractivity contribution in [3.8, 4) is 11.4 Å². The first-order valence-corrected chi connectivity index (χ1v) is 7.12. The quantitative estimate of drug-likeness (QED) is 0.891. The lowest BCUT2D eigenvalue weighted by Crippen LogP contribution is -2.04. The van der Waals surface area contributed by atoms with Gasteiger partial charge in [0.05, 0.1) is 6.20 Å². The molecule has 0 saturated heterocycles. The van der Waals surface area contributed by atoms with Crippen LogP contribution in [0.2, 0.25) is 0 Å². The third-order valence-corrected chi connectivity index (χ3v) is 4.04. The van der Waals surface area contributed by atoms with Gasteiger partial charge < -0.3 is 10.1 Å². The van der Waals surface area contributed by atoms with Crippen molar-refractivity contribution in [3.63, 3.8) is 0 Å². The van der Waals surface area contributed by atoms with Gasteiger partial charge in [0, 0.05) is 5.56 Å². The maximum absolute atomic E-state index is 10.9. The Labute approximate surface area is 117 Å². The van der Waals surface area contributed by atoms with Gasteiger partial charge in [-0.05, 0) is 30.4 Å². The summed E-state index contributed by atoms with van der Waals surface area (Å²) in [6.45, 7) is 0. The third-order valence-electron chi connectivity index (χ3n) is 4.04. The molecule has 0 radical (unpaired) electrons. The number of aromatic amines is 1. The van der Waals surface area contributed by atoms with Crippen LogP contribution in [0.15, 0.2) is 30.5 Å². The fourth-order valence-corrected chi connectivity index (χ4v) is 2.95. The van der Waals surface area contributed by atoms with Crippen LogP contribution in [-0.2, 0) is 0 Å². The van der Waals surface area contributed by atoms with Gasteiger partial charge >= 0.3 is 5.97 Å². The Hall–Kier alpha value is -2.10. The molecule has 1 aliphatic carbocycles. The molecule has 1 aromatic heterocycles. The molecule has 2 aromatic rings. The molecule has 0 atom stereocenters. The van der Waals surface area contributed by atoms with Crippen LogP contribution in [0, 0.1) is 0 Å². The van der Waals surface area contributed by atoms with Crippen molar-refractivity contribution in [3.05, 3.63) is 41.7 Å². The zero-order chi connectivity index (χ0) is 13.9. The van der Waals surface area contributed by atoms with E-state index in [0.717, 1.165) is 5.56 Å². The lowest BCUT2D eigenvalue weighted by molar-refractivity contribution is 0.0691. The third kappa shape index (κ3) is 2.59. The molecule has 0 bridgehead atoms. The number of hydrogen-bond acceptors (Lipinski definition) is 2. The minimum absolute atomic E-state index is 0.128. The number of rotatable bonds is 3. The van der Waals surface area contributed by atoms with E-state index < -0.39 is 5.97 Å². The highest BCUT2D eigenvalue weighted by Gasteiger charge is 2.16. The highest BCUT2D eigenvalue weighted by Crippen LogP contribution is 2.33. The standard InChI is InChI=1S/C16H18N2O2/c19-16(20)14-10-17-15(18-14)13-8-4-7-12(9-13)11-5-2-1-3-6-11/h4,7-11H,1-3,5-6H2,(H,17,18)(H,19,20). The number of carbonyl (C=O) groups is 1. The predicted molar refractivity (Wildman–Crippen MR) is 76.8 cm³/mol. The van der Waals surface area contributed by atoms with Gasteiger partial charge in [-0.15, -0.1) is 0 Å². The van der Waals surface area contributed by atoms with Gasteiger partial charge in [-0.3, -0.25) is 0 Å². The van der Waals surface area contributed by atoms with Gasteiger partial charge in [0.2, 0.25) is 0 Å². The number of nitrogens with zero attached hydrogens (tertiary/aromatic N) is 1. The molecule has 1 saturated carbocycles. The van der Waals surface area contributed by atoms with E-state index in [4.69, 9.17) is 5.11 Å². The summed E-state index contributed by atoms with van der Waals surface area (Å²) in [5.74, 6) is 0.282. The van der Waals surface area contributed by atoms with Crippen molar-refractivity contribution in [2.24, 2.45) is 0 Å². The van der Waals surface area contributed by atoms with E-state index in [1.54, 1.807) is 0 Å². The van der Waals surface area contributed by atoms with Crippen molar-refractivity contribution in [1.29, 1.82) is 0 Å². The molecule has 1 heterocycles. The number of aromatic carboxylic acids is 1. The largest absolute Gasteiger partial charge is 0.477 e. The number of H-pyrrole nitrogens is 1. The van der Waals surface area contributed by atoms with Crippen LogP contribution in [0.1, 0.15) is 54.1 Å². The summed E-state index contributed by atoms with van der Waals surface area (Å²) in [7, 11) is 0. The van der Waals surface area contributed by atoms with Crippen LogP contribution in [0.5, 0.6) is 0 Å². The number of hydrogen-bond donors (Lipinski definition) is 2. The number of benzene rings is 1. The Balaban J connectivity index is 1.87.